The Hall–Kier alpha value is -6.48. The van der Waals surface area contributed by atoms with Gasteiger partial charge >= 0.3 is 6.09 Å². The van der Waals surface area contributed by atoms with E-state index in [4.69, 9.17) is 14.2 Å². The third kappa shape index (κ3) is 7.98. The normalized spacial score (nSPS) is 15.6. The lowest BCUT2D eigenvalue weighted by Gasteiger charge is -2.27. The summed E-state index contributed by atoms with van der Waals surface area (Å²) < 4.78 is 34.6. The standard InChI is InChI=1S/C41H39FN6O8/c1-24-5-14-33-43-31(23-46(33)22-24)26-8-6-25(7-9-26)28-12-15-34(44-36(28)42)47(40(53)56-41(2,3)4)17-18-54-19-20-55-27-10-11-29-30(21-27)39(52)48(38(29)51)32-13-16-35(49)45-37(32)50/h5-12,14-15,21-23,32H,13,16-20H2,1-4H3,(H,45,49,50). The first kappa shape index (κ1) is 37.8. The molecule has 1 saturated heterocycles. The second kappa shape index (κ2) is 15.3. The number of piperidine rings is 1. The van der Waals surface area contributed by atoms with E-state index in [1.165, 1.54) is 23.1 Å². The van der Waals surface area contributed by atoms with Crippen molar-refractivity contribution >= 4 is 41.2 Å². The number of fused-ring (bicyclic) bond motifs is 2. The summed E-state index contributed by atoms with van der Waals surface area (Å²) in [4.78, 5) is 74.1. The average molecular weight is 763 g/mol. The Morgan fingerprint density at radius 3 is 2.34 bits per heavy atom. The van der Waals surface area contributed by atoms with Gasteiger partial charge in [-0.2, -0.15) is 4.39 Å². The molecule has 0 saturated carbocycles. The number of carbonyl (C=O) groups is 5. The molecule has 3 aromatic heterocycles. The minimum atomic E-state index is -1.07. The van der Waals surface area contributed by atoms with Gasteiger partial charge in [0.15, 0.2) is 0 Å². The molecule has 7 rings (SSSR count). The Labute approximate surface area is 321 Å². The highest BCUT2D eigenvalue weighted by Crippen LogP contribution is 2.31. The van der Waals surface area contributed by atoms with Gasteiger partial charge in [-0.25, -0.2) is 14.8 Å². The predicted octanol–water partition coefficient (Wildman–Crippen LogP) is 5.75. The van der Waals surface area contributed by atoms with Gasteiger partial charge in [-0.3, -0.25) is 34.3 Å². The predicted molar refractivity (Wildman–Crippen MR) is 202 cm³/mol. The fourth-order valence-corrected chi connectivity index (χ4v) is 6.49. The number of imidazole rings is 1. The van der Waals surface area contributed by atoms with Crippen LogP contribution in [-0.2, 0) is 19.1 Å². The summed E-state index contributed by atoms with van der Waals surface area (Å²) in [6.45, 7) is 7.33. The zero-order valence-corrected chi connectivity index (χ0v) is 31.2. The Morgan fingerprint density at radius 2 is 1.61 bits per heavy atom. The molecular weight excluding hydrogens is 723 g/mol. The monoisotopic (exact) mass is 762 g/mol. The van der Waals surface area contributed by atoms with Crippen molar-refractivity contribution in [3.8, 4) is 28.1 Å². The van der Waals surface area contributed by atoms with Gasteiger partial charge in [0, 0.05) is 29.9 Å². The van der Waals surface area contributed by atoms with Crippen molar-refractivity contribution in [2.24, 2.45) is 0 Å². The van der Waals surface area contributed by atoms with Crippen molar-refractivity contribution in [1.82, 2.24) is 24.6 Å². The number of halogens is 1. The first-order valence-electron chi connectivity index (χ1n) is 18.0. The summed E-state index contributed by atoms with van der Waals surface area (Å²) in [5.74, 6) is -2.83. The molecule has 288 valence electrons. The minimum absolute atomic E-state index is 0.0143. The van der Waals surface area contributed by atoms with Crippen LogP contribution in [0.15, 0.2) is 79.1 Å². The number of hydrogen-bond acceptors (Lipinski definition) is 10. The Balaban J connectivity index is 0.960. The number of hydrogen-bond donors (Lipinski definition) is 1. The lowest BCUT2D eigenvalue weighted by Crippen LogP contribution is -2.54. The number of ether oxygens (including phenoxy) is 3. The molecule has 5 aromatic rings. The van der Waals surface area contributed by atoms with E-state index in [2.05, 4.69) is 15.3 Å². The van der Waals surface area contributed by atoms with E-state index in [0.717, 1.165) is 27.4 Å². The van der Waals surface area contributed by atoms with Crippen LogP contribution in [-0.4, -0.2) is 87.0 Å². The van der Waals surface area contributed by atoms with Crippen LogP contribution in [0.1, 0.15) is 59.9 Å². The molecule has 2 aliphatic rings. The first-order valence-corrected chi connectivity index (χ1v) is 18.0. The molecular formula is C41H39FN6O8. The van der Waals surface area contributed by atoms with Crippen LogP contribution in [0.4, 0.5) is 15.0 Å². The SMILES string of the molecule is Cc1ccc2nc(-c3ccc(-c4ccc(N(CCOCCOc5ccc6c(c5)C(=O)N(C5CCC(=O)NC5=O)C6=O)C(=O)OC(C)(C)C)nc4F)cc3)cn2c1. The number of carbonyl (C=O) groups excluding carboxylic acids is 5. The van der Waals surface area contributed by atoms with Crippen LogP contribution in [0, 0.1) is 12.9 Å². The van der Waals surface area contributed by atoms with Crippen LogP contribution in [0.5, 0.6) is 5.75 Å². The second-order valence-corrected chi connectivity index (χ2v) is 14.4. The molecule has 1 atom stereocenters. The van der Waals surface area contributed by atoms with E-state index in [1.54, 1.807) is 45.0 Å². The van der Waals surface area contributed by atoms with Crippen molar-refractivity contribution < 1.29 is 42.6 Å². The molecule has 0 spiro atoms. The van der Waals surface area contributed by atoms with Gasteiger partial charge in [-0.15, -0.1) is 0 Å². The highest BCUT2D eigenvalue weighted by molar-refractivity contribution is 6.23. The fraction of sp³-hybridized carbons (Fsp3) is 0.293. The molecule has 56 heavy (non-hydrogen) atoms. The van der Waals surface area contributed by atoms with Crippen LogP contribution in [0.25, 0.3) is 28.0 Å². The molecule has 15 heteroatoms. The van der Waals surface area contributed by atoms with Crippen molar-refractivity contribution in [3.63, 3.8) is 0 Å². The van der Waals surface area contributed by atoms with E-state index < -0.39 is 47.3 Å². The number of anilines is 1. The van der Waals surface area contributed by atoms with Crippen LogP contribution in [0.3, 0.4) is 0 Å². The number of nitrogens with one attached hydrogen (secondary N) is 1. The molecule has 1 unspecified atom stereocenters. The fourth-order valence-electron chi connectivity index (χ4n) is 6.49. The third-order valence-electron chi connectivity index (χ3n) is 9.18. The summed E-state index contributed by atoms with van der Waals surface area (Å²) in [5.41, 5.74) is 3.85. The Kier molecular flexibility index (Phi) is 10.4. The quantitative estimate of drug-likeness (QED) is 0.0997. The van der Waals surface area contributed by atoms with Crippen LogP contribution in [0.2, 0.25) is 0 Å². The molecule has 1 fully saturated rings. The van der Waals surface area contributed by atoms with Gasteiger partial charge < -0.3 is 18.6 Å². The van der Waals surface area contributed by atoms with Gasteiger partial charge in [0.05, 0.1) is 36.6 Å². The van der Waals surface area contributed by atoms with Gasteiger partial charge in [0.1, 0.15) is 35.5 Å². The summed E-state index contributed by atoms with van der Waals surface area (Å²) in [7, 11) is 0. The Morgan fingerprint density at radius 1 is 0.875 bits per heavy atom. The molecule has 2 aliphatic heterocycles. The van der Waals surface area contributed by atoms with E-state index in [9.17, 15) is 24.0 Å². The summed E-state index contributed by atoms with van der Waals surface area (Å²) >= 11 is 0. The number of aryl methyl sites for hydroxylation is 1. The minimum Gasteiger partial charge on any atom is -0.491 e. The third-order valence-corrected chi connectivity index (χ3v) is 9.18. The van der Waals surface area contributed by atoms with E-state index >= 15 is 4.39 Å². The summed E-state index contributed by atoms with van der Waals surface area (Å²) in [6, 6.07) is 17.7. The van der Waals surface area contributed by atoms with Crippen molar-refractivity contribution in [2.75, 3.05) is 31.3 Å². The van der Waals surface area contributed by atoms with E-state index in [1.807, 2.05) is 48.0 Å². The van der Waals surface area contributed by atoms with Crippen molar-refractivity contribution in [1.29, 1.82) is 0 Å². The van der Waals surface area contributed by atoms with Gasteiger partial charge in [-0.05, 0) is 81.6 Å². The number of pyridine rings is 2. The molecule has 0 radical (unpaired) electrons. The van der Waals surface area contributed by atoms with E-state index in [0.29, 0.717) is 11.3 Å². The molecule has 5 heterocycles. The lowest BCUT2D eigenvalue weighted by atomic mass is 10.0. The number of rotatable bonds is 11. The summed E-state index contributed by atoms with van der Waals surface area (Å²) in [5, 5.41) is 2.17. The second-order valence-electron chi connectivity index (χ2n) is 14.4. The number of amides is 5. The zero-order chi connectivity index (χ0) is 39.7. The average Bonchev–Trinajstić information content (AvgIpc) is 3.68. The number of imide groups is 2. The lowest BCUT2D eigenvalue weighted by molar-refractivity contribution is -0.136. The Bertz CT molecular complexity index is 2370. The number of aromatic nitrogens is 3. The molecule has 0 aliphatic carbocycles. The summed E-state index contributed by atoms with van der Waals surface area (Å²) in [6.07, 6.45) is 3.29. The highest BCUT2D eigenvalue weighted by atomic mass is 19.1. The van der Waals surface area contributed by atoms with Crippen molar-refractivity contribution in [2.45, 2.75) is 52.2 Å². The zero-order valence-electron chi connectivity index (χ0n) is 31.2. The molecule has 5 amide bonds. The maximum atomic E-state index is 15.6. The first-order chi connectivity index (χ1) is 26.8. The molecule has 1 N–H and O–H groups in total. The smallest absolute Gasteiger partial charge is 0.416 e. The maximum absolute atomic E-state index is 15.6. The van der Waals surface area contributed by atoms with Crippen LogP contribution >= 0.6 is 0 Å². The number of benzene rings is 2. The highest BCUT2D eigenvalue weighted by Gasteiger charge is 2.44. The number of nitrogens with zero attached hydrogens (tertiary/aromatic N) is 5. The molecule has 2 aromatic carbocycles. The van der Waals surface area contributed by atoms with Crippen molar-refractivity contribution in [3.05, 3.63) is 102 Å². The van der Waals surface area contributed by atoms with Gasteiger partial charge in [0.25, 0.3) is 11.8 Å². The molecule has 14 nitrogen and oxygen atoms in total. The van der Waals surface area contributed by atoms with E-state index in [-0.39, 0.29) is 61.7 Å². The van der Waals surface area contributed by atoms with Gasteiger partial charge in [-0.1, -0.05) is 30.3 Å². The van der Waals surface area contributed by atoms with Gasteiger partial charge in [0.2, 0.25) is 17.8 Å². The molecule has 0 bridgehead atoms. The maximum Gasteiger partial charge on any atom is 0.416 e. The topological polar surface area (TPSA) is 162 Å². The largest absolute Gasteiger partial charge is 0.491 e. The van der Waals surface area contributed by atoms with Crippen LogP contribution < -0.4 is 15.0 Å².